The molecule has 0 aliphatic heterocycles. The van der Waals surface area contributed by atoms with Crippen molar-refractivity contribution in [2.24, 2.45) is 0 Å². The van der Waals surface area contributed by atoms with Crippen LogP contribution in [0.3, 0.4) is 0 Å². The fourth-order valence-electron chi connectivity index (χ4n) is 2.38. The molecule has 3 aromatic rings. The normalized spacial score (nSPS) is 10.7. The van der Waals surface area contributed by atoms with Crippen molar-refractivity contribution in [1.29, 1.82) is 0 Å². The predicted molar refractivity (Wildman–Crippen MR) is 91.1 cm³/mol. The molecule has 0 unspecified atom stereocenters. The second-order valence-electron chi connectivity index (χ2n) is 5.18. The summed E-state index contributed by atoms with van der Waals surface area (Å²) in [7, 11) is 0. The van der Waals surface area contributed by atoms with Gasteiger partial charge >= 0.3 is 5.97 Å². The molecule has 0 atom stereocenters. The number of fused-ring (bicyclic) bond motifs is 1. The van der Waals surface area contributed by atoms with Crippen LogP contribution in [0.15, 0.2) is 36.4 Å². The van der Waals surface area contributed by atoms with E-state index in [2.05, 4.69) is 10.3 Å². The van der Waals surface area contributed by atoms with Crippen molar-refractivity contribution >= 4 is 39.8 Å². The van der Waals surface area contributed by atoms with Crippen molar-refractivity contribution in [3.8, 4) is 10.6 Å². The van der Waals surface area contributed by atoms with Crippen LogP contribution in [0.5, 0.6) is 0 Å². The molecule has 0 radical (unpaired) electrons. The number of hydrogen-bond donors (Lipinski definition) is 2. The van der Waals surface area contributed by atoms with Gasteiger partial charge in [0.2, 0.25) is 5.91 Å². The fourth-order valence-corrected chi connectivity index (χ4v) is 3.21. The molecular formula is C17H14N2O3S. The van der Waals surface area contributed by atoms with Gasteiger partial charge in [0.15, 0.2) is 0 Å². The van der Waals surface area contributed by atoms with E-state index in [-0.39, 0.29) is 11.5 Å². The number of nitrogens with one attached hydrogen (secondary N) is 1. The van der Waals surface area contributed by atoms with Gasteiger partial charge in [-0.2, -0.15) is 0 Å². The molecule has 0 bridgehead atoms. The molecule has 5 nitrogen and oxygen atoms in total. The molecule has 2 N–H and O–H groups in total. The lowest BCUT2D eigenvalue weighted by molar-refractivity contribution is -0.114. The first-order valence-electron chi connectivity index (χ1n) is 6.96. The van der Waals surface area contributed by atoms with Gasteiger partial charge < -0.3 is 10.4 Å². The minimum atomic E-state index is -1.02. The summed E-state index contributed by atoms with van der Waals surface area (Å²) in [5.74, 6) is -1.23. The Bertz CT molecular complexity index is 931. The van der Waals surface area contributed by atoms with E-state index in [0.717, 1.165) is 9.75 Å². The summed E-state index contributed by atoms with van der Waals surface area (Å²) in [4.78, 5) is 29.4. The van der Waals surface area contributed by atoms with Gasteiger partial charge in [0.1, 0.15) is 0 Å². The maximum absolute atomic E-state index is 11.6. The number of rotatable bonds is 3. The molecule has 0 saturated heterocycles. The average Bonchev–Trinajstić information content (AvgIpc) is 2.92. The highest BCUT2D eigenvalue weighted by Gasteiger charge is 2.14. The monoisotopic (exact) mass is 326 g/mol. The first-order valence-corrected chi connectivity index (χ1v) is 7.78. The highest BCUT2D eigenvalue weighted by Crippen LogP contribution is 2.30. The molecule has 0 saturated carbocycles. The molecule has 116 valence electrons. The summed E-state index contributed by atoms with van der Waals surface area (Å²) in [6.45, 7) is 3.40. The molecule has 0 spiro atoms. The molecule has 6 heteroatoms. The van der Waals surface area contributed by atoms with Crippen molar-refractivity contribution in [3.63, 3.8) is 0 Å². The molecule has 2 heterocycles. The number of benzene rings is 1. The van der Waals surface area contributed by atoms with Gasteiger partial charge in [-0.25, -0.2) is 9.78 Å². The van der Waals surface area contributed by atoms with Gasteiger partial charge in [0.25, 0.3) is 0 Å². The average molecular weight is 326 g/mol. The second-order valence-corrected chi connectivity index (χ2v) is 6.47. The number of aromatic nitrogens is 1. The van der Waals surface area contributed by atoms with Crippen molar-refractivity contribution < 1.29 is 14.7 Å². The largest absolute Gasteiger partial charge is 0.478 e. The van der Waals surface area contributed by atoms with E-state index < -0.39 is 5.97 Å². The van der Waals surface area contributed by atoms with Gasteiger partial charge in [-0.1, -0.05) is 0 Å². The SMILES string of the molecule is CC(=O)Nc1ccc2nc(-c3ccc(C)s3)cc(C(=O)O)c2c1. The third kappa shape index (κ3) is 3.07. The zero-order valence-electron chi connectivity index (χ0n) is 12.6. The van der Waals surface area contributed by atoms with E-state index in [4.69, 9.17) is 0 Å². The summed E-state index contributed by atoms with van der Waals surface area (Å²) < 4.78 is 0. The van der Waals surface area contributed by atoms with Crippen LogP contribution in [-0.4, -0.2) is 22.0 Å². The Morgan fingerprint density at radius 2 is 1.96 bits per heavy atom. The van der Waals surface area contributed by atoms with Crippen LogP contribution >= 0.6 is 11.3 Å². The van der Waals surface area contributed by atoms with E-state index >= 15 is 0 Å². The third-order valence-electron chi connectivity index (χ3n) is 3.35. The smallest absolute Gasteiger partial charge is 0.336 e. The number of pyridine rings is 1. The quantitative estimate of drug-likeness (QED) is 0.764. The summed E-state index contributed by atoms with van der Waals surface area (Å²) in [6.07, 6.45) is 0. The topological polar surface area (TPSA) is 79.3 Å². The molecule has 0 aliphatic rings. The van der Waals surface area contributed by atoms with Gasteiger partial charge in [0, 0.05) is 22.9 Å². The number of nitrogens with zero attached hydrogens (tertiary/aromatic N) is 1. The third-order valence-corrected chi connectivity index (χ3v) is 4.38. The van der Waals surface area contributed by atoms with E-state index in [0.29, 0.717) is 22.3 Å². The maximum atomic E-state index is 11.6. The molecule has 1 aromatic carbocycles. The van der Waals surface area contributed by atoms with E-state index in [1.165, 1.54) is 6.92 Å². The summed E-state index contributed by atoms with van der Waals surface area (Å²) in [6, 6.07) is 10.6. The number of carboxylic acids is 1. The number of aromatic carboxylic acids is 1. The second kappa shape index (κ2) is 5.81. The Labute approximate surface area is 136 Å². The molecule has 2 aromatic heterocycles. The Kier molecular flexibility index (Phi) is 3.83. The van der Waals surface area contributed by atoms with Crippen molar-refractivity contribution in [3.05, 3.63) is 46.8 Å². The van der Waals surface area contributed by atoms with Crippen LogP contribution in [0.4, 0.5) is 5.69 Å². The molecule has 0 fully saturated rings. The van der Waals surface area contributed by atoms with Crippen LogP contribution in [0.2, 0.25) is 0 Å². The predicted octanol–water partition coefficient (Wildman–Crippen LogP) is 3.93. The lowest BCUT2D eigenvalue weighted by Crippen LogP contribution is -2.06. The van der Waals surface area contributed by atoms with E-state index in [1.54, 1.807) is 35.6 Å². The number of carbonyl (C=O) groups excluding carboxylic acids is 1. The highest BCUT2D eigenvalue weighted by molar-refractivity contribution is 7.15. The van der Waals surface area contributed by atoms with Crippen molar-refractivity contribution in [2.75, 3.05) is 5.32 Å². The molecule has 23 heavy (non-hydrogen) atoms. The molecule has 3 rings (SSSR count). The molecule has 0 aliphatic carbocycles. The van der Waals surface area contributed by atoms with Crippen LogP contribution in [0, 0.1) is 6.92 Å². The van der Waals surface area contributed by atoms with Gasteiger partial charge in [-0.3, -0.25) is 4.79 Å². The van der Waals surface area contributed by atoms with Crippen LogP contribution in [-0.2, 0) is 4.79 Å². The number of amides is 1. The Balaban J connectivity index is 2.20. The summed E-state index contributed by atoms with van der Waals surface area (Å²) >= 11 is 1.57. The Morgan fingerprint density at radius 1 is 1.17 bits per heavy atom. The van der Waals surface area contributed by atoms with Gasteiger partial charge in [0.05, 0.1) is 21.7 Å². The molecular weight excluding hydrogens is 312 g/mol. The zero-order valence-corrected chi connectivity index (χ0v) is 13.4. The summed E-state index contributed by atoms with van der Waals surface area (Å²) in [5.41, 5.74) is 1.94. The Hall–Kier alpha value is -2.73. The summed E-state index contributed by atoms with van der Waals surface area (Å²) in [5, 5.41) is 12.7. The Morgan fingerprint density at radius 3 is 2.57 bits per heavy atom. The highest BCUT2D eigenvalue weighted by atomic mass is 32.1. The van der Waals surface area contributed by atoms with E-state index in [9.17, 15) is 14.7 Å². The zero-order chi connectivity index (χ0) is 16.6. The minimum Gasteiger partial charge on any atom is -0.478 e. The van der Waals surface area contributed by atoms with Crippen molar-refractivity contribution in [2.45, 2.75) is 13.8 Å². The first kappa shape index (κ1) is 15.2. The lowest BCUT2D eigenvalue weighted by atomic mass is 10.1. The lowest BCUT2D eigenvalue weighted by Gasteiger charge is -2.08. The maximum Gasteiger partial charge on any atom is 0.336 e. The first-order chi connectivity index (χ1) is 10.9. The number of aryl methyl sites for hydroxylation is 1. The fraction of sp³-hybridized carbons (Fsp3) is 0.118. The van der Waals surface area contributed by atoms with Crippen LogP contribution in [0.25, 0.3) is 21.5 Å². The number of hydrogen-bond acceptors (Lipinski definition) is 4. The number of carboxylic acid groups (broad SMARTS) is 1. The van der Waals surface area contributed by atoms with Gasteiger partial charge in [-0.15, -0.1) is 11.3 Å². The van der Waals surface area contributed by atoms with Crippen LogP contribution in [0.1, 0.15) is 22.2 Å². The number of carbonyl (C=O) groups is 2. The van der Waals surface area contributed by atoms with Crippen molar-refractivity contribution in [1.82, 2.24) is 4.98 Å². The standard InChI is InChI=1S/C17H14N2O3S/c1-9-3-6-16(23-9)15-8-13(17(21)22)12-7-11(18-10(2)20)4-5-14(12)19-15/h3-8H,1-2H3,(H,18,20)(H,21,22). The van der Waals surface area contributed by atoms with Gasteiger partial charge in [-0.05, 0) is 43.3 Å². The van der Waals surface area contributed by atoms with E-state index in [1.807, 2.05) is 19.1 Å². The molecule has 1 amide bonds. The number of anilines is 1. The van der Waals surface area contributed by atoms with Crippen LogP contribution < -0.4 is 5.32 Å². The number of thiophene rings is 1. The minimum absolute atomic E-state index is 0.170.